The molecule has 2 aromatic carbocycles. The molecule has 5 rings (SSSR count). The van der Waals surface area contributed by atoms with Crippen LogP contribution in [0, 0.1) is 0 Å². The fourth-order valence-corrected chi connectivity index (χ4v) is 5.29. The van der Waals surface area contributed by atoms with Gasteiger partial charge in [-0.25, -0.2) is 0 Å². The Balaban J connectivity index is 1.21. The maximum absolute atomic E-state index is 12.8. The van der Waals surface area contributed by atoms with Gasteiger partial charge < -0.3 is 4.90 Å². The van der Waals surface area contributed by atoms with Crippen LogP contribution < -0.4 is 0 Å². The highest BCUT2D eigenvalue weighted by Gasteiger charge is 2.36. The van der Waals surface area contributed by atoms with Gasteiger partial charge in [0.05, 0.1) is 10.0 Å². The Hall–Kier alpha value is -1.85. The molecule has 0 radical (unpaired) electrons. The predicted octanol–water partition coefficient (Wildman–Crippen LogP) is 5.60. The van der Waals surface area contributed by atoms with Gasteiger partial charge in [0.2, 0.25) is 0 Å². The first kappa shape index (κ1) is 19.1. The highest BCUT2D eigenvalue weighted by atomic mass is 35.5. The lowest BCUT2D eigenvalue weighted by atomic mass is 10.00. The maximum Gasteiger partial charge on any atom is 0.253 e. The Morgan fingerprint density at radius 2 is 1.72 bits per heavy atom. The largest absolute Gasteiger partial charge is 0.335 e. The van der Waals surface area contributed by atoms with Gasteiger partial charge in [0.1, 0.15) is 0 Å². The van der Waals surface area contributed by atoms with Crippen LogP contribution in [0.3, 0.4) is 0 Å². The molecule has 0 spiro atoms. The van der Waals surface area contributed by atoms with Crippen molar-refractivity contribution in [3.05, 3.63) is 80.0 Å². The van der Waals surface area contributed by atoms with E-state index in [-0.39, 0.29) is 5.91 Å². The molecule has 1 amide bonds. The first-order valence-electron chi connectivity index (χ1n) is 9.72. The van der Waals surface area contributed by atoms with Crippen molar-refractivity contribution >= 4 is 40.4 Å². The number of hydrogen-bond acceptors (Lipinski definition) is 3. The van der Waals surface area contributed by atoms with Crippen molar-refractivity contribution in [2.45, 2.75) is 19.0 Å². The molecule has 3 heterocycles. The van der Waals surface area contributed by atoms with Crippen molar-refractivity contribution in [1.29, 1.82) is 0 Å². The molecule has 3 nitrogen and oxygen atoms in total. The van der Waals surface area contributed by atoms with Gasteiger partial charge in [0.15, 0.2) is 0 Å². The van der Waals surface area contributed by atoms with Crippen molar-refractivity contribution in [1.82, 2.24) is 9.80 Å². The number of halogens is 2. The molecule has 1 fully saturated rings. The summed E-state index contributed by atoms with van der Waals surface area (Å²) in [6.45, 7) is 3.74. The Bertz CT molecular complexity index is 1060. The van der Waals surface area contributed by atoms with E-state index in [0.29, 0.717) is 16.1 Å². The fraction of sp³-hybridized carbons (Fsp3) is 0.261. The molecule has 0 atom stereocenters. The zero-order valence-corrected chi connectivity index (χ0v) is 18.1. The van der Waals surface area contributed by atoms with Gasteiger partial charge in [-0.05, 0) is 58.8 Å². The van der Waals surface area contributed by atoms with E-state index in [0.717, 1.165) is 49.3 Å². The molecule has 2 aliphatic heterocycles. The van der Waals surface area contributed by atoms with E-state index in [4.69, 9.17) is 23.2 Å². The van der Waals surface area contributed by atoms with E-state index in [1.54, 1.807) is 6.07 Å². The Kier molecular flexibility index (Phi) is 5.12. The summed E-state index contributed by atoms with van der Waals surface area (Å²) >= 11 is 14.0. The SMILES string of the molecule is O=C(c1ccc(-c2ccc(Cl)c(Cl)c2)cc1)N1CC(N2CCc3sccc3C2)C1. The minimum atomic E-state index is 0.107. The molecule has 2 aliphatic rings. The lowest BCUT2D eigenvalue weighted by Crippen LogP contribution is -2.61. The third-order valence-electron chi connectivity index (χ3n) is 5.89. The van der Waals surface area contributed by atoms with Crippen LogP contribution in [0.5, 0.6) is 0 Å². The van der Waals surface area contributed by atoms with Gasteiger partial charge in [0, 0.05) is 42.7 Å². The molecule has 29 heavy (non-hydrogen) atoms. The molecule has 1 aromatic heterocycles. The number of carbonyl (C=O) groups is 1. The second-order valence-electron chi connectivity index (χ2n) is 7.66. The third-order valence-corrected chi connectivity index (χ3v) is 7.65. The molecular formula is C23H20Cl2N2OS. The number of benzene rings is 2. The summed E-state index contributed by atoms with van der Waals surface area (Å²) in [5.74, 6) is 0.107. The van der Waals surface area contributed by atoms with Crippen LogP contribution in [0.4, 0.5) is 0 Å². The Labute approximate surface area is 184 Å². The number of thiophene rings is 1. The van der Waals surface area contributed by atoms with Gasteiger partial charge in [0.25, 0.3) is 5.91 Å². The van der Waals surface area contributed by atoms with Crippen molar-refractivity contribution in [2.24, 2.45) is 0 Å². The molecule has 6 heteroatoms. The monoisotopic (exact) mass is 442 g/mol. The number of nitrogens with zero attached hydrogens (tertiary/aromatic N) is 2. The summed E-state index contributed by atoms with van der Waals surface area (Å²) in [6.07, 6.45) is 1.13. The van der Waals surface area contributed by atoms with Crippen LogP contribution in [-0.2, 0) is 13.0 Å². The van der Waals surface area contributed by atoms with Crippen molar-refractivity contribution in [2.75, 3.05) is 19.6 Å². The van der Waals surface area contributed by atoms with Gasteiger partial charge in [-0.3, -0.25) is 9.69 Å². The smallest absolute Gasteiger partial charge is 0.253 e. The minimum absolute atomic E-state index is 0.107. The van der Waals surface area contributed by atoms with Crippen LogP contribution in [0.1, 0.15) is 20.8 Å². The average molecular weight is 443 g/mol. The van der Waals surface area contributed by atoms with Crippen molar-refractivity contribution < 1.29 is 4.79 Å². The second kappa shape index (κ2) is 7.77. The van der Waals surface area contributed by atoms with Crippen LogP contribution >= 0.6 is 34.5 Å². The van der Waals surface area contributed by atoms with Gasteiger partial charge in [-0.15, -0.1) is 11.3 Å². The normalized spacial score (nSPS) is 17.1. The maximum atomic E-state index is 12.8. The van der Waals surface area contributed by atoms with Crippen molar-refractivity contribution in [3.8, 4) is 11.1 Å². The Morgan fingerprint density at radius 3 is 2.48 bits per heavy atom. The van der Waals surface area contributed by atoms with E-state index < -0.39 is 0 Å². The van der Waals surface area contributed by atoms with Gasteiger partial charge in [-0.1, -0.05) is 41.4 Å². The first-order chi connectivity index (χ1) is 14.1. The molecule has 0 aliphatic carbocycles. The number of fused-ring (bicyclic) bond motifs is 1. The molecule has 3 aromatic rings. The quantitative estimate of drug-likeness (QED) is 0.526. The highest BCUT2D eigenvalue weighted by Crippen LogP contribution is 2.30. The molecule has 148 valence electrons. The molecular weight excluding hydrogens is 423 g/mol. The molecule has 0 bridgehead atoms. The van der Waals surface area contributed by atoms with E-state index in [2.05, 4.69) is 16.3 Å². The van der Waals surface area contributed by atoms with Crippen LogP contribution in [-0.4, -0.2) is 41.4 Å². The molecule has 0 N–H and O–H groups in total. The summed E-state index contributed by atoms with van der Waals surface area (Å²) in [4.78, 5) is 18.8. The first-order valence-corrected chi connectivity index (χ1v) is 11.4. The summed E-state index contributed by atoms with van der Waals surface area (Å²) in [5.41, 5.74) is 4.19. The van der Waals surface area contributed by atoms with Gasteiger partial charge in [-0.2, -0.15) is 0 Å². The number of carbonyl (C=O) groups excluding carboxylic acids is 1. The van der Waals surface area contributed by atoms with E-state index in [1.807, 2.05) is 52.6 Å². The van der Waals surface area contributed by atoms with Crippen LogP contribution in [0.15, 0.2) is 53.9 Å². The molecule has 0 saturated carbocycles. The van der Waals surface area contributed by atoms with Crippen LogP contribution in [0.25, 0.3) is 11.1 Å². The zero-order chi connectivity index (χ0) is 20.0. The van der Waals surface area contributed by atoms with Crippen molar-refractivity contribution in [3.63, 3.8) is 0 Å². The number of amides is 1. The summed E-state index contributed by atoms with van der Waals surface area (Å²) < 4.78 is 0. The average Bonchev–Trinajstić information content (AvgIpc) is 3.17. The number of rotatable bonds is 3. The predicted molar refractivity (Wildman–Crippen MR) is 120 cm³/mol. The highest BCUT2D eigenvalue weighted by molar-refractivity contribution is 7.10. The fourth-order valence-electron chi connectivity index (χ4n) is 4.10. The van der Waals surface area contributed by atoms with Gasteiger partial charge >= 0.3 is 0 Å². The summed E-state index contributed by atoms with van der Waals surface area (Å²) in [7, 11) is 0. The number of likely N-dealkylation sites (tertiary alicyclic amines) is 1. The molecule has 1 saturated heterocycles. The topological polar surface area (TPSA) is 23.6 Å². The second-order valence-corrected chi connectivity index (χ2v) is 9.47. The van der Waals surface area contributed by atoms with E-state index in [1.165, 1.54) is 10.4 Å². The minimum Gasteiger partial charge on any atom is -0.335 e. The molecule has 0 unspecified atom stereocenters. The summed E-state index contributed by atoms with van der Waals surface area (Å²) in [6, 6.07) is 16.0. The zero-order valence-electron chi connectivity index (χ0n) is 15.8. The summed E-state index contributed by atoms with van der Waals surface area (Å²) in [5, 5.41) is 3.26. The standard InChI is InChI=1S/C23H20Cl2N2OS/c24-20-6-5-17(11-21(20)25)15-1-3-16(4-2-15)23(28)27-13-19(14-27)26-9-7-22-18(12-26)8-10-29-22/h1-6,8,10-11,19H,7,9,12-14H2. The van der Waals surface area contributed by atoms with Crippen LogP contribution in [0.2, 0.25) is 10.0 Å². The van der Waals surface area contributed by atoms with E-state index in [9.17, 15) is 4.79 Å². The third kappa shape index (κ3) is 3.71. The lowest BCUT2D eigenvalue weighted by Gasteiger charge is -2.46. The van der Waals surface area contributed by atoms with E-state index >= 15 is 0 Å². The number of hydrogen-bond donors (Lipinski definition) is 0. The lowest BCUT2D eigenvalue weighted by molar-refractivity contribution is 0.0221. The Morgan fingerprint density at radius 1 is 0.966 bits per heavy atom.